The molecule has 0 aromatic heterocycles. The fraction of sp³-hybridized carbons (Fsp3) is 0.533. The van der Waals surface area contributed by atoms with Gasteiger partial charge >= 0.3 is 0 Å². The maximum absolute atomic E-state index is 13.6. The van der Waals surface area contributed by atoms with E-state index in [1.54, 1.807) is 17.8 Å². The number of carbonyl (C=O) groups is 1. The lowest BCUT2D eigenvalue weighted by Gasteiger charge is -2.19. The molecule has 2 atom stereocenters. The van der Waals surface area contributed by atoms with Crippen LogP contribution < -0.4 is 5.32 Å². The molecule has 1 saturated carbocycles. The van der Waals surface area contributed by atoms with E-state index in [9.17, 15) is 4.39 Å². The van der Waals surface area contributed by atoms with Gasteiger partial charge in [0.15, 0.2) is 0 Å². The van der Waals surface area contributed by atoms with Gasteiger partial charge in [0.25, 0.3) is 5.97 Å². The molecule has 2 N–H and O–H groups in total. The van der Waals surface area contributed by atoms with Crippen molar-refractivity contribution in [2.24, 2.45) is 10.9 Å². The van der Waals surface area contributed by atoms with E-state index in [1.165, 1.54) is 31.7 Å². The summed E-state index contributed by atoms with van der Waals surface area (Å²) in [4.78, 5) is 13.9. The number of anilines is 1. The van der Waals surface area contributed by atoms with E-state index < -0.39 is 5.97 Å². The van der Waals surface area contributed by atoms with Crippen LogP contribution in [0.25, 0.3) is 0 Å². The monoisotopic (exact) mass is 530 g/mol. The fourth-order valence-corrected chi connectivity index (χ4v) is 5.35. The molecule has 1 aliphatic carbocycles. The molecular weight excluding hydrogens is 487 g/mol. The third kappa shape index (κ3) is 13.4. The number of allylic oxidation sites excluding steroid dienone is 3. The van der Waals surface area contributed by atoms with Gasteiger partial charge in [0.2, 0.25) is 0 Å². The predicted octanol–water partition coefficient (Wildman–Crippen LogP) is 7.49. The molecule has 0 saturated heterocycles. The summed E-state index contributed by atoms with van der Waals surface area (Å²) in [6, 6.07) is 5.50. The summed E-state index contributed by atoms with van der Waals surface area (Å²) in [5.41, 5.74) is 2.04. The van der Waals surface area contributed by atoms with E-state index in [4.69, 9.17) is 19.6 Å². The van der Waals surface area contributed by atoms with Crippen LogP contribution in [0.2, 0.25) is 0 Å². The van der Waals surface area contributed by atoms with Gasteiger partial charge in [-0.2, -0.15) is 0 Å². The molecule has 7 heteroatoms. The van der Waals surface area contributed by atoms with Crippen LogP contribution in [0.5, 0.6) is 0 Å². The van der Waals surface area contributed by atoms with E-state index >= 15 is 0 Å². The number of rotatable bonds is 11. The molecule has 1 fully saturated rings. The van der Waals surface area contributed by atoms with Crippen molar-refractivity contribution in [3.8, 4) is 12.8 Å². The molecular formula is C30H43FN2O3S. The number of carboxylic acids is 1. The van der Waals surface area contributed by atoms with Gasteiger partial charge in [0.05, 0.1) is 6.04 Å². The zero-order chi connectivity index (χ0) is 27.6. The van der Waals surface area contributed by atoms with Crippen molar-refractivity contribution >= 4 is 28.5 Å². The number of halogens is 1. The second kappa shape index (κ2) is 18.5. The van der Waals surface area contributed by atoms with Crippen molar-refractivity contribution in [2.75, 3.05) is 17.7 Å². The van der Waals surface area contributed by atoms with Crippen molar-refractivity contribution < 1.29 is 19.0 Å². The van der Waals surface area contributed by atoms with Gasteiger partial charge in [-0.15, -0.1) is 24.6 Å². The average molecular weight is 531 g/mol. The Morgan fingerprint density at radius 3 is 2.65 bits per heavy atom. The molecule has 0 radical (unpaired) electrons. The van der Waals surface area contributed by atoms with E-state index in [-0.39, 0.29) is 17.9 Å². The number of ether oxygens (including phenoxy) is 1. The van der Waals surface area contributed by atoms with Crippen molar-refractivity contribution in [1.82, 2.24) is 0 Å². The van der Waals surface area contributed by atoms with Crippen LogP contribution in [0.4, 0.5) is 10.1 Å². The Hall–Kier alpha value is -2.72. The molecule has 37 heavy (non-hydrogen) atoms. The first kappa shape index (κ1) is 32.3. The maximum atomic E-state index is 13.6. The number of hydrogen-bond acceptors (Lipinski definition) is 5. The van der Waals surface area contributed by atoms with E-state index in [1.807, 2.05) is 19.1 Å². The first-order valence-electron chi connectivity index (χ1n) is 13.0. The quantitative estimate of drug-likeness (QED) is 0.176. The summed E-state index contributed by atoms with van der Waals surface area (Å²) in [6.45, 7) is 7.88. The Kier molecular flexibility index (Phi) is 16.2. The minimum absolute atomic E-state index is 0.196. The largest absolute Gasteiger partial charge is 0.487 e. The van der Waals surface area contributed by atoms with Gasteiger partial charge in [-0.25, -0.2) is 4.39 Å². The smallest absolute Gasteiger partial charge is 0.300 e. The highest BCUT2D eigenvalue weighted by Crippen LogP contribution is 2.28. The Labute approximate surface area is 227 Å². The summed E-state index contributed by atoms with van der Waals surface area (Å²) < 4.78 is 19.6. The summed E-state index contributed by atoms with van der Waals surface area (Å²) in [5.74, 6) is 1.74. The molecule has 1 heterocycles. The molecule has 0 spiro atoms. The number of nitrogens with zero attached hydrogens (tertiary/aromatic N) is 1. The number of aliphatic imine (C=N–C) groups is 1. The zero-order valence-corrected chi connectivity index (χ0v) is 23.5. The van der Waals surface area contributed by atoms with E-state index in [0.717, 1.165) is 59.9 Å². The number of thioether (sulfide) groups is 1. The predicted molar refractivity (Wildman–Crippen MR) is 156 cm³/mol. The second-order valence-electron chi connectivity index (χ2n) is 9.21. The lowest BCUT2D eigenvalue weighted by molar-refractivity contribution is -0.134. The van der Waals surface area contributed by atoms with Gasteiger partial charge in [0.1, 0.15) is 23.2 Å². The normalized spacial score (nSPS) is 18.3. The molecule has 1 aromatic rings. The molecule has 0 bridgehead atoms. The minimum atomic E-state index is -0.833. The topological polar surface area (TPSA) is 70.9 Å². The van der Waals surface area contributed by atoms with Crippen LogP contribution in [0.1, 0.15) is 71.8 Å². The maximum Gasteiger partial charge on any atom is 0.300 e. The molecule has 2 unspecified atom stereocenters. The average Bonchev–Trinajstić information content (AvgIpc) is 3.54. The Balaban J connectivity index is 0.00000104. The summed E-state index contributed by atoms with van der Waals surface area (Å²) in [6.07, 6.45) is 22.9. The summed E-state index contributed by atoms with van der Waals surface area (Å²) in [7, 11) is 0. The first-order chi connectivity index (χ1) is 17.8. The Morgan fingerprint density at radius 2 is 2.03 bits per heavy atom. The number of terminal acetylenes is 1. The highest BCUT2D eigenvalue weighted by atomic mass is 32.2. The van der Waals surface area contributed by atoms with Crippen LogP contribution in [0, 0.1) is 24.6 Å². The number of carboxylic acid groups (broad SMARTS) is 1. The first-order valence-corrected chi connectivity index (χ1v) is 14.0. The van der Waals surface area contributed by atoms with Gasteiger partial charge in [-0.3, -0.25) is 9.79 Å². The summed E-state index contributed by atoms with van der Waals surface area (Å²) >= 11 is 1.79. The number of aliphatic carboxylic acids is 1. The molecule has 0 amide bonds. The number of aryl methyl sites for hydroxylation is 1. The van der Waals surface area contributed by atoms with Crippen molar-refractivity contribution in [3.63, 3.8) is 0 Å². The van der Waals surface area contributed by atoms with Gasteiger partial charge < -0.3 is 15.2 Å². The molecule has 1 aliphatic heterocycles. The van der Waals surface area contributed by atoms with Crippen LogP contribution in [-0.2, 0) is 16.0 Å². The van der Waals surface area contributed by atoms with E-state index in [2.05, 4.69) is 44.2 Å². The van der Waals surface area contributed by atoms with Gasteiger partial charge in [-0.05, 0) is 68.9 Å². The van der Waals surface area contributed by atoms with Crippen molar-refractivity contribution in [2.45, 2.75) is 84.7 Å². The molecule has 3 rings (SSSR count). The fourth-order valence-electron chi connectivity index (χ4n) is 4.39. The molecule has 5 nitrogen and oxygen atoms in total. The van der Waals surface area contributed by atoms with Crippen LogP contribution in [0.3, 0.4) is 0 Å². The van der Waals surface area contributed by atoms with Crippen molar-refractivity contribution in [3.05, 3.63) is 53.6 Å². The molecule has 2 aliphatic rings. The van der Waals surface area contributed by atoms with E-state index in [0.29, 0.717) is 6.61 Å². The SMILES string of the molecule is C#C.C/C=C(\C=C/CC1CCCC1)OCC1=NC(CC(C)Nc2cc(F)ccc2CC)CS1.CC(=O)O. The molecule has 204 valence electrons. The van der Waals surface area contributed by atoms with Crippen molar-refractivity contribution in [1.29, 1.82) is 0 Å². The minimum Gasteiger partial charge on any atom is -0.487 e. The number of benzene rings is 1. The second-order valence-corrected chi connectivity index (χ2v) is 10.3. The lowest BCUT2D eigenvalue weighted by atomic mass is 10.0. The highest BCUT2D eigenvalue weighted by Gasteiger charge is 2.21. The standard InChI is InChI=1S/C26H37FN2OS.C2H4O2.C2H2/c1-4-21-13-14-22(27)16-25(21)28-19(3)15-23-18-31-26(29-23)17-30-24(5-2)12-8-11-20-9-6-7-10-20;1-2(3)4;1-2/h5,8,12-14,16,19-20,23,28H,4,6-7,9-11,15,17-18H2,1-3H3;1H3,(H,3,4);1-2H/b12-8-,24-5+;;. The molecule has 1 aromatic carbocycles. The summed E-state index contributed by atoms with van der Waals surface area (Å²) in [5, 5.41) is 12.0. The number of nitrogens with one attached hydrogen (secondary N) is 1. The van der Waals surface area contributed by atoms with Gasteiger partial charge in [0, 0.05) is 24.4 Å². The zero-order valence-electron chi connectivity index (χ0n) is 22.7. The Bertz CT molecular complexity index is 932. The van der Waals surface area contributed by atoms with Crippen LogP contribution in [0.15, 0.2) is 47.2 Å². The number of hydrogen-bond donors (Lipinski definition) is 2. The van der Waals surface area contributed by atoms with Crippen LogP contribution >= 0.6 is 11.8 Å². The Morgan fingerprint density at radius 1 is 1.35 bits per heavy atom. The third-order valence-corrected chi connectivity index (χ3v) is 7.23. The lowest BCUT2D eigenvalue weighted by Crippen LogP contribution is -2.22. The highest BCUT2D eigenvalue weighted by molar-refractivity contribution is 8.14. The third-order valence-electron chi connectivity index (χ3n) is 6.12. The van der Waals surface area contributed by atoms with Crippen LogP contribution in [-0.4, -0.2) is 40.6 Å². The van der Waals surface area contributed by atoms with Gasteiger partial charge in [-0.1, -0.05) is 44.7 Å².